The number of carbonyl (C=O) groups excluding carboxylic acids is 1. The summed E-state index contributed by atoms with van der Waals surface area (Å²) in [7, 11) is 0. The van der Waals surface area contributed by atoms with Crippen LogP contribution in [0.4, 0.5) is 8.78 Å². The van der Waals surface area contributed by atoms with E-state index in [1.54, 1.807) is 0 Å². The number of benzene rings is 1. The molecule has 2 aliphatic rings. The Morgan fingerprint density at radius 1 is 1.39 bits per heavy atom. The van der Waals surface area contributed by atoms with Gasteiger partial charge in [-0.15, -0.1) is 0 Å². The second-order valence-electron chi connectivity index (χ2n) is 6.16. The number of fused-ring (bicyclic) bond motifs is 1. The second kappa shape index (κ2) is 6.90. The molecular weight excluding hydrogens is 302 g/mol. The normalized spacial score (nSPS) is 28.2. The summed E-state index contributed by atoms with van der Waals surface area (Å²) in [6.07, 6.45) is 1.44. The van der Waals surface area contributed by atoms with Crippen molar-refractivity contribution in [3.8, 4) is 0 Å². The van der Waals surface area contributed by atoms with E-state index in [0.29, 0.717) is 6.42 Å². The van der Waals surface area contributed by atoms with Crippen LogP contribution in [0.2, 0.25) is 0 Å². The van der Waals surface area contributed by atoms with Crippen molar-refractivity contribution in [2.75, 3.05) is 13.1 Å². The Bertz CT molecular complexity index is 583. The molecule has 0 aromatic heterocycles. The standard InChI is InChI=1S/C16H22F2N4O/c1-2-13(10-7-9(17)3-4-12(10)18)20-16(23)15-11-8-19-6-5-14(11)21-22-15/h3-4,7,11,13-15,19,21-22H,2,5-6,8H2,1H3,(H,20,23). The first kappa shape index (κ1) is 16.3. The van der Waals surface area contributed by atoms with Crippen LogP contribution >= 0.6 is 0 Å². The molecule has 4 N–H and O–H groups in total. The first-order valence-corrected chi connectivity index (χ1v) is 8.07. The lowest BCUT2D eigenvalue weighted by Crippen LogP contribution is -2.50. The van der Waals surface area contributed by atoms with E-state index in [0.717, 1.165) is 37.7 Å². The van der Waals surface area contributed by atoms with E-state index in [1.807, 2.05) is 6.92 Å². The molecule has 23 heavy (non-hydrogen) atoms. The molecule has 2 heterocycles. The molecule has 1 aromatic rings. The SMILES string of the molecule is CCC(NC(=O)C1NNC2CCNCC21)c1cc(F)ccc1F. The summed E-state index contributed by atoms with van der Waals surface area (Å²) in [5, 5.41) is 6.14. The van der Waals surface area contributed by atoms with E-state index in [9.17, 15) is 13.6 Å². The lowest BCUT2D eigenvalue weighted by Gasteiger charge is -2.28. The van der Waals surface area contributed by atoms with Crippen LogP contribution in [0, 0.1) is 17.6 Å². The van der Waals surface area contributed by atoms with E-state index in [1.165, 1.54) is 0 Å². The number of hydrazine groups is 1. The summed E-state index contributed by atoms with van der Waals surface area (Å²) < 4.78 is 27.3. The van der Waals surface area contributed by atoms with Crippen molar-refractivity contribution in [3.05, 3.63) is 35.4 Å². The molecule has 0 aliphatic carbocycles. The zero-order chi connectivity index (χ0) is 16.4. The van der Waals surface area contributed by atoms with Gasteiger partial charge >= 0.3 is 0 Å². The van der Waals surface area contributed by atoms with Gasteiger partial charge in [-0.05, 0) is 37.6 Å². The van der Waals surface area contributed by atoms with Crippen LogP contribution < -0.4 is 21.5 Å². The van der Waals surface area contributed by atoms with Crippen LogP contribution in [0.3, 0.4) is 0 Å². The van der Waals surface area contributed by atoms with Crippen LogP contribution in [0.25, 0.3) is 0 Å². The zero-order valence-electron chi connectivity index (χ0n) is 13.0. The summed E-state index contributed by atoms with van der Waals surface area (Å²) >= 11 is 0. The van der Waals surface area contributed by atoms with Crippen molar-refractivity contribution in [1.82, 2.24) is 21.5 Å². The van der Waals surface area contributed by atoms with Gasteiger partial charge in [-0.3, -0.25) is 10.2 Å². The second-order valence-corrected chi connectivity index (χ2v) is 6.16. The van der Waals surface area contributed by atoms with Crippen LogP contribution in [0.15, 0.2) is 18.2 Å². The number of amides is 1. The molecule has 2 saturated heterocycles. The first-order chi connectivity index (χ1) is 11.1. The molecule has 0 radical (unpaired) electrons. The number of rotatable bonds is 4. The quantitative estimate of drug-likeness (QED) is 0.667. The van der Waals surface area contributed by atoms with E-state index in [-0.39, 0.29) is 29.5 Å². The molecule has 3 rings (SSSR count). The van der Waals surface area contributed by atoms with Gasteiger partial charge in [-0.2, -0.15) is 0 Å². The van der Waals surface area contributed by atoms with Crippen LogP contribution in [0.1, 0.15) is 31.4 Å². The minimum absolute atomic E-state index is 0.151. The van der Waals surface area contributed by atoms with Gasteiger partial charge < -0.3 is 10.6 Å². The highest BCUT2D eigenvalue weighted by Gasteiger charge is 2.41. The largest absolute Gasteiger partial charge is 0.348 e. The number of piperidine rings is 1. The van der Waals surface area contributed by atoms with E-state index < -0.39 is 17.7 Å². The van der Waals surface area contributed by atoms with Gasteiger partial charge in [0.25, 0.3) is 0 Å². The molecule has 4 atom stereocenters. The maximum absolute atomic E-state index is 13.9. The summed E-state index contributed by atoms with van der Waals surface area (Å²) in [5.74, 6) is -1.05. The van der Waals surface area contributed by atoms with Gasteiger partial charge in [0.05, 0.1) is 6.04 Å². The summed E-state index contributed by atoms with van der Waals surface area (Å²) in [5.41, 5.74) is 6.38. The Morgan fingerprint density at radius 3 is 3.00 bits per heavy atom. The average molecular weight is 324 g/mol. The number of carbonyl (C=O) groups is 1. The third-order valence-electron chi connectivity index (χ3n) is 4.72. The van der Waals surface area contributed by atoms with Crippen molar-refractivity contribution in [2.24, 2.45) is 5.92 Å². The third-order valence-corrected chi connectivity index (χ3v) is 4.72. The monoisotopic (exact) mass is 324 g/mol. The molecule has 0 bridgehead atoms. The Labute approximate surface area is 134 Å². The molecule has 2 fully saturated rings. The van der Waals surface area contributed by atoms with E-state index >= 15 is 0 Å². The summed E-state index contributed by atoms with van der Waals surface area (Å²) in [6, 6.07) is 2.66. The van der Waals surface area contributed by atoms with Crippen molar-refractivity contribution < 1.29 is 13.6 Å². The maximum atomic E-state index is 13.9. The molecule has 1 amide bonds. The predicted molar refractivity (Wildman–Crippen MR) is 82.4 cm³/mol. The van der Waals surface area contributed by atoms with Gasteiger partial charge in [0.2, 0.25) is 5.91 Å². The lowest BCUT2D eigenvalue weighted by atomic mass is 9.89. The molecule has 126 valence electrons. The van der Waals surface area contributed by atoms with Gasteiger partial charge in [-0.1, -0.05) is 6.92 Å². The number of halogens is 2. The molecule has 0 spiro atoms. The number of nitrogens with one attached hydrogen (secondary N) is 4. The topological polar surface area (TPSA) is 65.2 Å². The fourth-order valence-electron chi connectivity index (χ4n) is 3.42. The van der Waals surface area contributed by atoms with Gasteiger partial charge in [0.1, 0.15) is 17.7 Å². The average Bonchev–Trinajstić information content (AvgIpc) is 2.99. The van der Waals surface area contributed by atoms with Crippen molar-refractivity contribution >= 4 is 5.91 Å². The minimum Gasteiger partial charge on any atom is -0.348 e. The fraction of sp³-hybridized carbons (Fsp3) is 0.562. The van der Waals surface area contributed by atoms with Crippen molar-refractivity contribution in [3.63, 3.8) is 0 Å². The van der Waals surface area contributed by atoms with Gasteiger partial charge in [-0.25, -0.2) is 14.2 Å². The molecule has 7 heteroatoms. The Morgan fingerprint density at radius 2 is 2.22 bits per heavy atom. The van der Waals surface area contributed by atoms with Crippen LogP contribution in [-0.4, -0.2) is 31.1 Å². The van der Waals surface area contributed by atoms with Gasteiger partial charge in [0.15, 0.2) is 0 Å². The Hall–Kier alpha value is -1.57. The van der Waals surface area contributed by atoms with E-state index in [2.05, 4.69) is 21.5 Å². The summed E-state index contributed by atoms with van der Waals surface area (Å²) in [6.45, 7) is 3.52. The highest BCUT2D eigenvalue weighted by molar-refractivity contribution is 5.83. The van der Waals surface area contributed by atoms with Crippen LogP contribution in [0.5, 0.6) is 0 Å². The minimum atomic E-state index is -0.546. The lowest BCUT2D eigenvalue weighted by molar-refractivity contribution is -0.124. The molecule has 4 unspecified atom stereocenters. The number of hydrogen-bond acceptors (Lipinski definition) is 4. The molecule has 0 saturated carbocycles. The summed E-state index contributed by atoms with van der Waals surface area (Å²) in [4.78, 5) is 12.6. The zero-order valence-corrected chi connectivity index (χ0v) is 13.0. The molecular formula is C16H22F2N4O. The van der Waals surface area contributed by atoms with Crippen molar-refractivity contribution in [2.45, 2.75) is 37.9 Å². The van der Waals surface area contributed by atoms with Gasteiger partial charge in [0, 0.05) is 24.1 Å². The maximum Gasteiger partial charge on any atom is 0.239 e. The Balaban J connectivity index is 1.71. The first-order valence-electron chi connectivity index (χ1n) is 8.07. The predicted octanol–water partition coefficient (Wildman–Crippen LogP) is 0.987. The Kier molecular flexibility index (Phi) is 4.89. The fourth-order valence-corrected chi connectivity index (χ4v) is 3.42. The van der Waals surface area contributed by atoms with Crippen molar-refractivity contribution in [1.29, 1.82) is 0 Å². The molecule has 2 aliphatic heterocycles. The third kappa shape index (κ3) is 3.36. The number of hydrogen-bond donors (Lipinski definition) is 4. The molecule has 1 aromatic carbocycles. The molecule has 5 nitrogen and oxygen atoms in total. The van der Waals surface area contributed by atoms with Crippen LogP contribution in [-0.2, 0) is 4.79 Å². The van der Waals surface area contributed by atoms with E-state index in [4.69, 9.17) is 0 Å². The highest BCUT2D eigenvalue weighted by Crippen LogP contribution is 2.24. The smallest absolute Gasteiger partial charge is 0.239 e. The highest BCUT2D eigenvalue weighted by atomic mass is 19.1.